The van der Waals surface area contributed by atoms with Crippen LogP contribution < -0.4 is 0 Å². The highest BCUT2D eigenvalue weighted by molar-refractivity contribution is 6.06. The number of imide groups is 1. The van der Waals surface area contributed by atoms with Crippen molar-refractivity contribution in [3.63, 3.8) is 0 Å². The molecule has 4 atom stereocenters. The molecule has 0 saturated carbocycles. The van der Waals surface area contributed by atoms with E-state index >= 15 is 0 Å². The highest BCUT2D eigenvalue weighted by atomic mass is 16.2. The van der Waals surface area contributed by atoms with Crippen molar-refractivity contribution in [1.29, 1.82) is 0 Å². The van der Waals surface area contributed by atoms with Crippen molar-refractivity contribution in [1.82, 2.24) is 9.80 Å². The molecule has 0 aromatic heterocycles. The zero-order valence-corrected chi connectivity index (χ0v) is 16.4. The van der Waals surface area contributed by atoms with Crippen LogP contribution in [0.15, 0.2) is 72.8 Å². The van der Waals surface area contributed by atoms with Gasteiger partial charge in [0.2, 0.25) is 11.8 Å². The van der Waals surface area contributed by atoms with Crippen LogP contribution in [0.3, 0.4) is 0 Å². The van der Waals surface area contributed by atoms with Gasteiger partial charge in [0, 0.05) is 24.9 Å². The van der Waals surface area contributed by atoms with E-state index in [1.807, 2.05) is 55.4 Å². The van der Waals surface area contributed by atoms with Crippen molar-refractivity contribution in [2.24, 2.45) is 11.8 Å². The van der Waals surface area contributed by atoms with E-state index in [4.69, 9.17) is 0 Å². The average molecular weight is 374 g/mol. The smallest absolute Gasteiger partial charge is 0.234 e. The number of carbonyl (C=O) groups is 2. The molecule has 2 aromatic carbocycles. The fourth-order valence-corrected chi connectivity index (χ4v) is 4.52. The number of hydrogen-bond donors (Lipinski definition) is 0. The van der Waals surface area contributed by atoms with Gasteiger partial charge in [0.25, 0.3) is 0 Å². The third-order valence-corrected chi connectivity index (χ3v) is 5.93. The maximum atomic E-state index is 13.4. The number of likely N-dealkylation sites (N-methyl/N-ethyl adjacent to an activating group) is 1. The van der Waals surface area contributed by atoms with E-state index in [-0.39, 0.29) is 35.5 Å². The zero-order valence-electron chi connectivity index (χ0n) is 16.4. The lowest BCUT2D eigenvalue weighted by atomic mass is 9.68. The Hall–Kier alpha value is -2.72. The number of hydrogen-bond acceptors (Lipinski definition) is 3. The molecule has 1 fully saturated rings. The molecule has 144 valence electrons. The largest absolute Gasteiger partial charge is 0.308 e. The van der Waals surface area contributed by atoms with Crippen LogP contribution in [0.5, 0.6) is 0 Å². The third-order valence-electron chi connectivity index (χ3n) is 5.93. The summed E-state index contributed by atoms with van der Waals surface area (Å²) >= 11 is 0. The number of nitrogens with zero attached hydrogens (tertiary/aromatic N) is 2. The second-order valence-electron chi connectivity index (χ2n) is 7.94. The maximum absolute atomic E-state index is 13.4. The van der Waals surface area contributed by atoms with Gasteiger partial charge in [-0.1, -0.05) is 72.8 Å². The number of rotatable bonds is 5. The fourth-order valence-electron chi connectivity index (χ4n) is 4.52. The fraction of sp³-hybridized carbons (Fsp3) is 0.333. The van der Waals surface area contributed by atoms with Crippen LogP contribution in [0.4, 0.5) is 0 Å². The Morgan fingerprint density at radius 2 is 1.18 bits per heavy atom. The summed E-state index contributed by atoms with van der Waals surface area (Å²) in [7, 11) is 3.92. The van der Waals surface area contributed by atoms with Crippen LogP contribution in [-0.4, -0.2) is 48.8 Å². The molecule has 0 bridgehead atoms. The monoisotopic (exact) mass is 374 g/mol. The summed E-state index contributed by atoms with van der Waals surface area (Å²) in [5.74, 6) is -0.870. The molecule has 2 amide bonds. The van der Waals surface area contributed by atoms with Crippen molar-refractivity contribution in [3.8, 4) is 0 Å². The van der Waals surface area contributed by atoms with Crippen LogP contribution in [-0.2, 0) is 9.59 Å². The minimum absolute atomic E-state index is 0.0315. The second kappa shape index (κ2) is 7.72. The van der Waals surface area contributed by atoms with Crippen LogP contribution in [0.1, 0.15) is 23.0 Å². The summed E-state index contributed by atoms with van der Waals surface area (Å²) in [5.41, 5.74) is 2.19. The molecule has 0 radical (unpaired) electrons. The molecule has 28 heavy (non-hydrogen) atoms. The molecule has 0 unspecified atom stereocenters. The molecule has 4 rings (SSSR count). The minimum Gasteiger partial charge on any atom is -0.308 e. The molecule has 4 nitrogen and oxygen atoms in total. The van der Waals surface area contributed by atoms with Gasteiger partial charge >= 0.3 is 0 Å². The SMILES string of the molecule is CN(C)CCN1C(=O)[C@@H]2[C@H](C1=O)[C@@H](c1ccccc1)C=C[C@@H]2c1ccccc1. The van der Waals surface area contributed by atoms with Gasteiger partial charge in [-0.25, -0.2) is 0 Å². The number of likely N-dealkylation sites (tertiary alicyclic amines) is 1. The lowest BCUT2D eigenvalue weighted by molar-refractivity contribution is -0.140. The van der Waals surface area contributed by atoms with E-state index in [1.54, 1.807) is 0 Å². The maximum Gasteiger partial charge on any atom is 0.234 e. The van der Waals surface area contributed by atoms with Gasteiger partial charge in [-0.3, -0.25) is 14.5 Å². The first-order valence-corrected chi connectivity index (χ1v) is 9.86. The molecule has 2 aromatic rings. The lowest BCUT2D eigenvalue weighted by Gasteiger charge is -2.32. The first-order valence-electron chi connectivity index (χ1n) is 9.86. The minimum atomic E-state index is -0.340. The molecule has 1 aliphatic carbocycles. The summed E-state index contributed by atoms with van der Waals surface area (Å²) < 4.78 is 0. The van der Waals surface area contributed by atoms with Crippen LogP contribution in [0, 0.1) is 11.8 Å². The first-order chi connectivity index (χ1) is 13.6. The topological polar surface area (TPSA) is 40.6 Å². The number of allylic oxidation sites excluding steroid dienone is 2. The van der Waals surface area contributed by atoms with E-state index in [9.17, 15) is 9.59 Å². The molecule has 1 aliphatic heterocycles. The molecule has 2 aliphatic rings. The van der Waals surface area contributed by atoms with Gasteiger partial charge < -0.3 is 4.90 Å². The Bertz CT molecular complexity index is 808. The average Bonchev–Trinajstić information content (AvgIpc) is 2.98. The van der Waals surface area contributed by atoms with Gasteiger partial charge in [0.15, 0.2) is 0 Å². The Morgan fingerprint density at radius 1 is 0.750 bits per heavy atom. The predicted octanol–water partition coefficient (Wildman–Crippen LogP) is 3.29. The van der Waals surface area contributed by atoms with E-state index in [2.05, 4.69) is 36.4 Å². The molecule has 0 N–H and O–H groups in total. The highest BCUT2D eigenvalue weighted by Crippen LogP contribution is 2.49. The second-order valence-corrected chi connectivity index (χ2v) is 7.94. The summed E-state index contributed by atoms with van der Waals surface area (Å²) in [5, 5.41) is 0. The lowest BCUT2D eigenvalue weighted by Crippen LogP contribution is -2.37. The van der Waals surface area contributed by atoms with Crippen molar-refractivity contribution >= 4 is 11.8 Å². The number of carbonyl (C=O) groups excluding carboxylic acids is 2. The molecule has 1 saturated heterocycles. The van der Waals surface area contributed by atoms with Gasteiger partial charge in [0.05, 0.1) is 11.8 Å². The Labute approximate surface area is 166 Å². The van der Waals surface area contributed by atoms with Crippen molar-refractivity contribution in [3.05, 3.63) is 83.9 Å². The van der Waals surface area contributed by atoms with Crippen LogP contribution in [0.2, 0.25) is 0 Å². The summed E-state index contributed by atoms with van der Waals surface area (Å²) in [6, 6.07) is 20.1. The molecular formula is C24H26N2O2. The zero-order chi connectivity index (χ0) is 19.7. The number of benzene rings is 2. The highest BCUT2D eigenvalue weighted by Gasteiger charge is 2.54. The number of amides is 2. The summed E-state index contributed by atoms with van der Waals surface area (Å²) in [6.45, 7) is 1.12. The number of fused-ring (bicyclic) bond motifs is 1. The summed E-state index contributed by atoms with van der Waals surface area (Å²) in [4.78, 5) is 30.3. The predicted molar refractivity (Wildman–Crippen MR) is 110 cm³/mol. The molecule has 1 heterocycles. The normalized spacial score (nSPS) is 26.8. The third kappa shape index (κ3) is 3.29. The Morgan fingerprint density at radius 3 is 1.57 bits per heavy atom. The Kier molecular flexibility index (Phi) is 5.14. The van der Waals surface area contributed by atoms with Crippen LogP contribution >= 0.6 is 0 Å². The van der Waals surface area contributed by atoms with Gasteiger partial charge in [-0.2, -0.15) is 0 Å². The molecule has 0 spiro atoms. The standard InChI is InChI=1S/C24H26N2O2/c1-25(2)15-16-26-23(27)21-19(17-9-5-3-6-10-17)13-14-20(22(21)24(26)28)18-11-7-4-8-12-18/h3-14,19-22H,15-16H2,1-2H3/t19-,20-,21-,22+/m1/s1. The van der Waals surface area contributed by atoms with Crippen molar-refractivity contribution in [2.45, 2.75) is 11.8 Å². The van der Waals surface area contributed by atoms with Crippen molar-refractivity contribution in [2.75, 3.05) is 27.2 Å². The Balaban J connectivity index is 1.75. The van der Waals surface area contributed by atoms with E-state index < -0.39 is 0 Å². The quantitative estimate of drug-likeness (QED) is 0.596. The van der Waals surface area contributed by atoms with Crippen LogP contribution in [0.25, 0.3) is 0 Å². The van der Waals surface area contributed by atoms with Gasteiger partial charge in [-0.05, 0) is 25.2 Å². The van der Waals surface area contributed by atoms with Gasteiger partial charge in [0.1, 0.15) is 0 Å². The van der Waals surface area contributed by atoms with E-state index in [1.165, 1.54) is 4.90 Å². The van der Waals surface area contributed by atoms with E-state index in [0.717, 1.165) is 11.1 Å². The molecule has 4 heteroatoms. The van der Waals surface area contributed by atoms with Crippen molar-refractivity contribution < 1.29 is 9.59 Å². The van der Waals surface area contributed by atoms with Gasteiger partial charge in [-0.15, -0.1) is 0 Å². The molecular weight excluding hydrogens is 348 g/mol. The summed E-state index contributed by atoms with van der Waals surface area (Å²) in [6.07, 6.45) is 4.27. The van der Waals surface area contributed by atoms with E-state index in [0.29, 0.717) is 13.1 Å². The first kappa shape index (κ1) is 18.6.